The molecule has 2 saturated heterocycles. The SMILES string of the molecule is O=C(O)C1CCN(C(=O)C2CCN(C(=O)N3CCCC3)CC2)c2ccccc21. The minimum atomic E-state index is -0.840. The van der Waals surface area contributed by atoms with Gasteiger partial charge in [-0.15, -0.1) is 0 Å². The molecule has 0 saturated carbocycles. The summed E-state index contributed by atoms with van der Waals surface area (Å²) >= 11 is 0. The first-order valence-electron chi connectivity index (χ1n) is 10.2. The van der Waals surface area contributed by atoms with Gasteiger partial charge in [0.05, 0.1) is 5.92 Å². The molecule has 150 valence electrons. The number of rotatable bonds is 2. The van der Waals surface area contributed by atoms with Gasteiger partial charge >= 0.3 is 12.0 Å². The molecule has 3 aliphatic rings. The van der Waals surface area contributed by atoms with E-state index in [1.807, 2.05) is 34.1 Å². The lowest BCUT2D eigenvalue weighted by Crippen LogP contribution is -2.49. The molecule has 0 spiro atoms. The first-order valence-corrected chi connectivity index (χ1v) is 10.2. The Hall–Kier alpha value is -2.57. The second-order valence-corrected chi connectivity index (χ2v) is 7.97. The van der Waals surface area contributed by atoms with E-state index in [4.69, 9.17) is 0 Å². The number of likely N-dealkylation sites (tertiary alicyclic amines) is 2. The van der Waals surface area contributed by atoms with Gasteiger partial charge in [-0.05, 0) is 43.7 Å². The topological polar surface area (TPSA) is 81.2 Å². The summed E-state index contributed by atoms with van der Waals surface area (Å²) < 4.78 is 0. The van der Waals surface area contributed by atoms with Crippen LogP contribution in [0.15, 0.2) is 24.3 Å². The van der Waals surface area contributed by atoms with Crippen LogP contribution in [-0.4, -0.2) is 65.5 Å². The van der Waals surface area contributed by atoms with Gasteiger partial charge in [-0.25, -0.2) is 4.79 Å². The molecule has 0 radical (unpaired) electrons. The lowest BCUT2D eigenvalue weighted by atomic mass is 9.88. The zero-order valence-corrected chi connectivity index (χ0v) is 16.0. The number of amides is 3. The molecule has 0 aromatic heterocycles. The number of hydrogen-bond acceptors (Lipinski definition) is 3. The Balaban J connectivity index is 1.42. The molecule has 1 aromatic carbocycles. The molecule has 3 aliphatic heterocycles. The van der Waals surface area contributed by atoms with Crippen LogP contribution in [0.3, 0.4) is 0 Å². The highest BCUT2D eigenvalue weighted by Crippen LogP contribution is 2.37. The number of aliphatic carboxylic acids is 1. The highest BCUT2D eigenvalue weighted by atomic mass is 16.4. The molecular formula is C21H27N3O4. The maximum atomic E-state index is 13.2. The first-order chi connectivity index (χ1) is 13.6. The lowest BCUT2D eigenvalue weighted by Gasteiger charge is -2.38. The number of hydrogen-bond donors (Lipinski definition) is 1. The third-order valence-electron chi connectivity index (χ3n) is 6.30. The average Bonchev–Trinajstić information content (AvgIpc) is 3.27. The number of carboxylic acids is 1. The summed E-state index contributed by atoms with van der Waals surface area (Å²) in [5, 5.41) is 9.48. The van der Waals surface area contributed by atoms with Gasteiger partial charge in [-0.2, -0.15) is 0 Å². The van der Waals surface area contributed by atoms with Crippen molar-refractivity contribution in [2.45, 2.75) is 38.0 Å². The third kappa shape index (κ3) is 3.45. The van der Waals surface area contributed by atoms with Crippen molar-refractivity contribution in [3.8, 4) is 0 Å². The molecule has 0 aliphatic carbocycles. The Bertz CT molecular complexity index is 767. The fraction of sp³-hybridized carbons (Fsp3) is 0.571. The van der Waals surface area contributed by atoms with Gasteiger partial charge in [-0.1, -0.05) is 18.2 Å². The number of urea groups is 1. The molecule has 28 heavy (non-hydrogen) atoms. The van der Waals surface area contributed by atoms with Crippen LogP contribution in [0.4, 0.5) is 10.5 Å². The van der Waals surface area contributed by atoms with E-state index in [1.165, 1.54) is 0 Å². The van der Waals surface area contributed by atoms with Crippen LogP contribution in [-0.2, 0) is 9.59 Å². The average molecular weight is 385 g/mol. The van der Waals surface area contributed by atoms with Crippen LogP contribution in [0.25, 0.3) is 0 Å². The van der Waals surface area contributed by atoms with Crippen molar-refractivity contribution < 1.29 is 19.5 Å². The van der Waals surface area contributed by atoms with Gasteiger partial charge in [0, 0.05) is 44.3 Å². The summed E-state index contributed by atoms with van der Waals surface area (Å²) in [4.78, 5) is 42.8. The van der Waals surface area contributed by atoms with Gasteiger partial charge in [0.25, 0.3) is 0 Å². The quantitative estimate of drug-likeness (QED) is 0.848. The number of piperidine rings is 1. The predicted octanol–water partition coefficient (Wildman–Crippen LogP) is 2.52. The van der Waals surface area contributed by atoms with E-state index in [-0.39, 0.29) is 17.9 Å². The first kappa shape index (κ1) is 18.8. The number of para-hydroxylation sites is 1. The van der Waals surface area contributed by atoms with Crippen LogP contribution in [0, 0.1) is 5.92 Å². The molecule has 0 bridgehead atoms. The molecule has 1 N–H and O–H groups in total. The maximum Gasteiger partial charge on any atom is 0.319 e. The maximum absolute atomic E-state index is 13.2. The molecule has 3 heterocycles. The second kappa shape index (κ2) is 7.81. The van der Waals surface area contributed by atoms with E-state index in [2.05, 4.69) is 0 Å². The molecule has 4 rings (SSSR count). The van der Waals surface area contributed by atoms with Gasteiger partial charge in [0.2, 0.25) is 5.91 Å². The second-order valence-electron chi connectivity index (χ2n) is 7.97. The standard InChI is InChI=1S/C21H27N3O4/c25-19(15-7-12-23(13-8-15)21(28)22-10-3-4-11-22)24-14-9-17(20(26)27)16-5-1-2-6-18(16)24/h1-2,5-6,15,17H,3-4,7-14H2,(H,26,27). The van der Waals surface area contributed by atoms with Gasteiger partial charge in [-0.3, -0.25) is 9.59 Å². The van der Waals surface area contributed by atoms with E-state index in [9.17, 15) is 19.5 Å². The minimum Gasteiger partial charge on any atom is -0.481 e. The number of anilines is 1. The van der Waals surface area contributed by atoms with Crippen molar-refractivity contribution in [2.24, 2.45) is 5.92 Å². The molecule has 1 unspecified atom stereocenters. The largest absolute Gasteiger partial charge is 0.481 e. The Labute approximate surface area is 164 Å². The Morgan fingerprint density at radius 2 is 1.50 bits per heavy atom. The Morgan fingerprint density at radius 3 is 2.18 bits per heavy atom. The Morgan fingerprint density at radius 1 is 0.857 bits per heavy atom. The van der Waals surface area contributed by atoms with E-state index in [1.54, 1.807) is 4.90 Å². The van der Waals surface area contributed by atoms with E-state index in [0.717, 1.165) is 37.2 Å². The molecule has 1 aromatic rings. The molecule has 2 fully saturated rings. The number of benzene rings is 1. The van der Waals surface area contributed by atoms with E-state index >= 15 is 0 Å². The van der Waals surface area contributed by atoms with Crippen LogP contribution in [0.5, 0.6) is 0 Å². The summed E-state index contributed by atoms with van der Waals surface area (Å²) in [7, 11) is 0. The summed E-state index contributed by atoms with van der Waals surface area (Å²) in [6, 6.07) is 7.43. The number of carbonyl (C=O) groups is 3. The summed E-state index contributed by atoms with van der Waals surface area (Å²) in [5.74, 6) is -1.45. The van der Waals surface area contributed by atoms with Crippen LogP contribution >= 0.6 is 0 Å². The zero-order valence-electron chi connectivity index (χ0n) is 16.0. The van der Waals surface area contributed by atoms with Crippen molar-refractivity contribution in [3.63, 3.8) is 0 Å². The van der Waals surface area contributed by atoms with Gasteiger partial charge < -0.3 is 19.8 Å². The van der Waals surface area contributed by atoms with Crippen molar-refractivity contribution >= 4 is 23.6 Å². The van der Waals surface area contributed by atoms with Crippen LogP contribution in [0.2, 0.25) is 0 Å². The summed E-state index contributed by atoms with van der Waals surface area (Å²) in [5.41, 5.74) is 1.44. The highest BCUT2D eigenvalue weighted by molar-refractivity contribution is 5.98. The Kier molecular flexibility index (Phi) is 5.24. The number of fused-ring (bicyclic) bond motifs is 1. The van der Waals surface area contributed by atoms with E-state index in [0.29, 0.717) is 38.9 Å². The number of nitrogens with zero attached hydrogens (tertiary/aromatic N) is 3. The van der Waals surface area contributed by atoms with Crippen molar-refractivity contribution in [1.82, 2.24) is 9.80 Å². The fourth-order valence-corrected chi connectivity index (χ4v) is 4.69. The molecule has 1 atom stereocenters. The van der Waals surface area contributed by atoms with Crippen LogP contribution in [0.1, 0.15) is 43.6 Å². The van der Waals surface area contributed by atoms with Crippen molar-refractivity contribution in [1.29, 1.82) is 0 Å². The van der Waals surface area contributed by atoms with Crippen molar-refractivity contribution in [2.75, 3.05) is 37.6 Å². The third-order valence-corrected chi connectivity index (χ3v) is 6.30. The zero-order chi connectivity index (χ0) is 19.7. The van der Waals surface area contributed by atoms with Gasteiger partial charge in [0.1, 0.15) is 0 Å². The fourth-order valence-electron chi connectivity index (χ4n) is 4.69. The molecule has 7 heteroatoms. The monoisotopic (exact) mass is 385 g/mol. The lowest BCUT2D eigenvalue weighted by molar-refractivity contribution is -0.139. The highest BCUT2D eigenvalue weighted by Gasteiger charge is 2.37. The minimum absolute atomic E-state index is 0.0598. The van der Waals surface area contributed by atoms with E-state index < -0.39 is 11.9 Å². The number of carboxylic acid groups (broad SMARTS) is 1. The molecular weight excluding hydrogens is 358 g/mol. The smallest absolute Gasteiger partial charge is 0.319 e. The normalized spacial score (nSPS) is 22.9. The van der Waals surface area contributed by atoms with Crippen molar-refractivity contribution in [3.05, 3.63) is 29.8 Å². The summed E-state index contributed by atoms with van der Waals surface area (Å²) in [6.45, 7) is 3.33. The molecule has 7 nitrogen and oxygen atoms in total. The van der Waals surface area contributed by atoms with Crippen LogP contribution < -0.4 is 4.90 Å². The summed E-state index contributed by atoms with van der Waals surface area (Å²) in [6.07, 6.45) is 3.92. The predicted molar refractivity (Wildman–Crippen MR) is 104 cm³/mol. The number of carbonyl (C=O) groups excluding carboxylic acids is 2. The molecule has 3 amide bonds. The van der Waals surface area contributed by atoms with Gasteiger partial charge in [0.15, 0.2) is 0 Å².